The van der Waals surface area contributed by atoms with Crippen molar-refractivity contribution in [2.24, 2.45) is 0 Å². The van der Waals surface area contributed by atoms with E-state index in [1.807, 2.05) is 29.2 Å². The van der Waals surface area contributed by atoms with Crippen molar-refractivity contribution in [3.05, 3.63) is 24.3 Å². The molecule has 21 heavy (non-hydrogen) atoms. The van der Waals surface area contributed by atoms with E-state index in [1.54, 1.807) is 7.11 Å². The van der Waals surface area contributed by atoms with E-state index in [-0.39, 0.29) is 5.91 Å². The highest BCUT2D eigenvalue weighted by Gasteiger charge is 2.16. The zero-order chi connectivity index (χ0) is 14.9. The Hall–Kier alpha value is -1.79. The van der Waals surface area contributed by atoms with Crippen molar-refractivity contribution in [3.8, 4) is 5.75 Å². The Morgan fingerprint density at radius 1 is 1.24 bits per heavy atom. The van der Waals surface area contributed by atoms with Gasteiger partial charge in [-0.2, -0.15) is 0 Å². The minimum atomic E-state index is 0.0960. The highest BCUT2D eigenvalue weighted by molar-refractivity contribution is 5.81. The van der Waals surface area contributed by atoms with E-state index in [1.165, 1.54) is 0 Å². The van der Waals surface area contributed by atoms with Gasteiger partial charge in [0.2, 0.25) is 5.91 Å². The molecule has 0 aromatic heterocycles. The molecule has 1 aromatic carbocycles. The fourth-order valence-electron chi connectivity index (χ4n) is 2.01. The normalized spacial score (nSPS) is 14.8. The molecular formula is C15H22N2O4. The monoisotopic (exact) mass is 294 g/mol. The van der Waals surface area contributed by atoms with Crippen LogP contribution in [0.5, 0.6) is 5.75 Å². The molecule has 0 radical (unpaired) electrons. The molecule has 1 N–H and O–H groups in total. The highest BCUT2D eigenvalue weighted by atomic mass is 16.5. The van der Waals surface area contributed by atoms with Gasteiger partial charge in [-0.25, -0.2) is 0 Å². The Kier molecular flexibility index (Phi) is 6.30. The quantitative estimate of drug-likeness (QED) is 0.760. The molecule has 6 heteroatoms. The van der Waals surface area contributed by atoms with Crippen LogP contribution in [0.25, 0.3) is 0 Å². The van der Waals surface area contributed by atoms with Gasteiger partial charge in [0.1, 0.15) is 12.4 Å². The Bertz CT molecular complexity index is 430. The van der Waals surface area contributed by atoms with Gasteiger partial charge >= 0.3 is 0 Å². The lowest BCUT2D eigenvalue weighted by Gasteiger charge is -2.27. The van der Waals surface area contributed by atoms with E-state index < -0.39 is 0 Å². The van der Waals surface area contributed by atoms with E-state index in [2.05, 4.69) is 5.32 Å². The molecule has 1 aromatic rings. The van der Waals surface area contributed by atoms with E-state index in [9.17, 15) is 4.79 Å². The van der Waals surface area contributed by atoms with Crippen molar-refractivity contribution in [3.63, 3.8) is 0 Å². The summed E-state index contributed by atoms with van der Waals surface area (Å²) >= 11 is 0. The second-order valence-corrected chi connectivity index (χ2v) is 4.71. The molecule has 1 saturated heterocycles. The van der Waals surface area contributed by atoms with Gasteiger partial charge < -0.3 is 24.4 Å². The largest absolute Gasteiger partial charge is 0.491 e. The first-order valence-electron chi connectivity index (χ1n) is 7.11. The first-order valence-corrected chi connectivity index (χ1v) is 7.11. The zero-order valence-corrected chi connectivity index (χ0v) is 12.3. The topological polar surface area (TPSA) is 60.0 Å². The fourth-order valence-corrected chi connectivity index (χ4v) is 2.01. The molecular weight excluding hydrogens is 272 g/mol. The Morgan fingerprint density at radius 2 is 1.95 bits per heavy atom. The van der Waals surface area contributed by atoms with E-state index in [4.69, 9.17) is 14.2 Å². The standard InChI is InChI=1S/C15H22N2O4/c1-19-10-11-21-14-4-2-13(3-5-14)16-12-15(18)17-6-8-20-9-7-17/h2-5,16H,6-12H2,1H3. The highest BCUT2D eigenvalue weighted by Crippen LogP contribution is 2.15. The maximum Gasteiger partial charge on any atom is 0.242 e. The lowest BCUT2D eigenvalue weighted by Crippen LogP contribution is -2.43. The van der Waals surface area contributed by atoms with Gasteiger partial charge in [-0.3, -0.25) is 4.79 Å². The molecule has 1 fully saturated rings. The van der Waals surface area contributed by atoms with Crippen molar-refractivity contribution in [1.29, 1.82) is 0 Å². The molecule has 0 unspecified atom stereocenters. The van der Waals surface area contributed by atoms with Gasteiger partial charge in [-0.05, 0) is 24.3 Å². The lowest BCUT2D eigenvalue weighted by atomic mass is 10.3. The third-order valence-electron chi connectivity index (χ3n) is 3.22. The van der Waals surface area contributed by atoms with Crippen molar-refractivity contribution in [2.75, 3.05) is 58.5 Å². The number of hydrogen-bond donors (Lipinski definition) is 1. The first kappa shape index (κ1) is 15.6. The number of nitrogens with one attached hydrogen (secondary N) is 1. The minimum Gasteiger partial charge on any atom is -0.491 e. The van der Waals surface area contributed by atoms with Crippen molar-refractivity contribution < 1.29 is 19.0 Å². The van der Waals surface area contributed by atoms with Gasteiger partial charge in [-0.1, -0.05) is 0 Å². The number of hydrogen-bond acceptors (Lipinski definition) is 5. The molecule has 0 atom stereocenters. The van der Waals surface area contributed by atoms with Crippen molar-refractivity contribution in [2.45, 2.75) is 0 Å². The predicted molar refractivity (Wildman–Crippen MR) is 79.7 cm³/mol. The average molecular weight is 294 g/mol. The van der Waals surface area contributed by atoms with Gasteiger partial charge in [0.05, 0.1) is 26.4 Å². The fraction of sp³-hybridized carbons (Fsp3) is 0.533. The second-order valence-electron chi connectivity index (χ2n) is 4.71. The molecule has 1 amide bonds. The number of amides is 1. The van der Waals surface area contributed by atoms with Gasteiger partial charge in [0.15, 0.2) is 0 Å². The molecule has 2 rings (SSSR count). The van der Waals surface area contributed by atoms with Crippen LogP contribution in [0.4, 0.5) is 5.69 Å². The maximum absolute atomic E-state index is 12.0. The van der Waals surface area contributed by atoms with Crippen LogP contribution in [0.1, 0.15) is 0 Å². The summed E-state index contributed by atoms with van der Waals surface area (Å²) in [6.45, 7) is 3.98. The third-order valence-corrected chi connectivity index (χ3v) is 3.22. The van der Waals surface area contributed by atoms with Crippen LogP contribution in [0, 0.1) is 0 Å². The summed E-state index contributed by atoms with van der Waals surface area (Å²) in [5.74, 6) is 0.885. The Labute approximate surface area is 125 Å². The number of carbonyl (C=O) groups is 1. The number of rotatable bonds is 7. The van der Waals surface area contributed by atoms with Crippen LogP contribution in [0.3, 0.4) is 0 Å². The van der Waals surface area contributed by atoms with Crippen LogP contribution in [0.2, 0.25) is 0 Å². The summed E-state index contributed by atoms with van der Waals surface area (Å²) in [5.41, 5.74) is 0.899. The SMILES string of the molecule is COCCOc1ccc(NCC(=O)N2CCOCC2)cc1. The average Bonchev–Trinajstić information content (AvgIpc) is 2.55. The Balaban J connectivity index is 1.73. The summed E-state index contributed by atoms with van der Waals surface area (Å²) in [6, 6.07) is 7.54. The molecule has 0 bridgehead atoms. The maximum atomic E-state index is 12.0. The number of nitrogens with zero attached hydrogens (tertiary/aromatic N) is 1. The molecule has 1 aliphatic rings. The van der Waals surface area contributed by atoms with Gasteiger partial charge in [0, 0.05) is 25.9 Å². The Morgan fingerprint density at radius 3 is 2.62 bits per heavy atom. The molecule has 6 nitrogen and oxygen atoms in total. The van der Waals surface area contributed by atoms with Crippen molar-refractivity contribution >= 4 is 11.6 Å². The number of benzene rings is 1. The van der Waals surface area contributed by atoms with Gasteiger partial charge in [0.25, 0.3) is 0 Å². The van der Waals surface area contributed by atoms with E-state index in [0.717, 1.165) is 11.4 Å². The van der Waals surface area contributed by atoms with Gasteiger partial charge in [-0.15, -0.1) is 0 Å². The lowest BCUT2D eigenvalue weighted by molar-refractivity contribution is -0.133. The summed E-state index contributed by atoms with van der Waals surface area (Å²) < 4.78 is 15.6. The van der Waals surface area contributed by atoms with Crippen molar-refractivity contribution in [1.82, 2.24) is 4.90 Å². The molecule has 1 heterocycles. The van der Waals surface area contributed by atoms with Crippen LogP contribution < -0.4 is 10.1 Å². The van der Waals surface area contributed by atoms with Crippen LogP contribution in [0.15, 0.2) is 24.3 Å². The summed E-state index contributed by atoms with van der Waals surface area (Å²) in [5, 5.41) is 3.12. The van der Waals surface area contributed by atoms with E-state index >= 15 is 0 Å². The number of methoxy groups -OCH3 is 1. The summed E-state index contributed by atoms with van der Waals surface area (Å²) in [7, 11) is 1.64. The molecule has 0 spiro atoms. The summed E-state index contributed by atoms with van der Waals surface area (Å²) in [4.78, 5) is 13.8. The zero-order valence-electron chi connectivity index (χ0n) is 12.3. The number of ether oxygens (including phenoxy) is 3. The third kappa shape index (κ3) is 5.24. The smallest absolute Gasteiger partial charge is 0.242 e. The van der Waals surface area contributed by atoms with Crippen LogP contribution in [-0.4, -0.2) is 64.0 Å². The first-order chi connectivity index (χ1) is 10.3. The number of carbonyl (C=O) groups excluding carboxylic acids is 1. The predicted octanol–water partition coefficient (Wildman–Crippen LogP) is 0.982. The molecule has 116 valence electrons. The molecule has 0 saturated carbocycles. The van der Waals surface area contributed by atoms with Crippen LogP contribution in [-0.2, 0) is 14.3 Å². The molecule has 0 aliphatic carbocycles. The number of morpholine rings is 1. The summed E-state index contributed by atoms with van der Waals surface area (Å²) in [6.07, 6.45) is 0. The van der Waals surface area contributed by atoms with Crippen LogP contribution >= 0.6 is 0 Å². The molecule has 1 aliphatic heterocycles. The van der Waals surface area contributed by atoms with E-state index in [0.29, 0.717) is 46.1 Å². The number of anilines is 1. The second kappa shape index (κ2) is 8.49. The minimum absolute atomic E-state index is 0.0960.